The van der Waals surface area contributed by atoms with E-state index in [9.17, 15) is 14.7 Å². The molecule has 2 rings (SSSR count). The van der Waals surface area contributed by atoms with Gasteiger partial charge in [0.05, 0.1) is 18.6 Å². The topological polar surface area (TPSA) is 76.1 Å². The standard InChI is InChI=1S/C20H29NO5/c1-20(2,3)26-19(24)21(4)13-17(22)14-9-11-16(12-10-14)25-18(23)15-7-5-6-8-15/h9-12,15,17,22H,5-8,13H2,1-4H3. The second-order valence-electron chi connectivity index (χ2n) is 7.85. The molecule has 1 aliphatic carbocycles. The number of aliphatic hydroxyl groups is 1. The molecule has 1 atom stereocenters. The predicted octanol–water partition coefficient (Wildman–Crippen LogP) is 3.68. The van der Waals surface area contributed by atoms with E-state index in [0.717, 1.165) is 25.7 Å². The maximum absolute atomic E-state index is 12.0. The van der Waals surface area contributed by atoms with E-state index in [1.165, 1.54) is 4.90 Å². The Morgan fingerprint density at radius 1 is 1.19 bits per heavy atom. The lowest BCUT2D eigenvalue weighted by Gasteiger charge is -2.26. The highest BCUT2D eigenvalue weighted by atomic mass is 16.6. The highest BCUT2D eigenvalue weighted by Crippen LogP contribution is 2.27. The van der Waals surface area contributed by atoms with Gasteiger partial charge in [-0.25, -0.2) is 4.79 Å². The van der Waals surface area contributed by atoms with Crippen molar-refractivity contribution in [1.29, 1.82) is 0 Å². The maximum Gasteiger partial charge on any atom is 0.410 e. The zero-order valence-electron chi connectivity index (χ0n) is 16.0. The van der Waals surface area contributed by atoms with Crippen molar-refractivity contribution in [3.05, 3.63) is 29.8 Å². The van der Waals surface area contributed by atoms with Crippen LogP contribution in [0, 0.1) is 5.92 Å². The van der Waals surface area contributed by atoms with Crippen molar-refractivity contribution in [1.82, 2.24) is 4.90 Å². The van der Waals surface area contributed by atoms with E-state index in [2.05, 4.69) is 0 Å². The molecule has 0 heterocycles. The molecule has 1 N–H and O–H groups in total. The van der Waals surface area contributed by atoms with Crippen molar-refractivity contribution in [2.75, 3.05) is 13.6 Å². The SMILES string of the molecule is CN(CC(O)c1ccc(OC(=O)C2CCCC2)cc1)C(=O)OC(C)(C)C. The number of likely N-dealkylation sites (N-methyl/N-ethyl adjacent to an activating group) is 1. The minimum Gasteiger partial charge on any atom is -0.444 e. The number of nitrogens with zero attached hydrogens (tertiary/aromatic N) is 1. The Hall–Kier alpha value is -2.08. The van der Waals surface area contributed by atoms with Gasteiger partial charge in [-0.1, -0.05) is 25.0 Å². The Morgan fingerprint density at radius 2 is 1.77 bits per heavy atom. The number of esters is 1. The predicted molar refractivity (Wildman–Crippen MR) is 97.9 cm³/mol. The van der Waals surface area contributed by atoms with E-state index in [1.54, 1.807) is 52.1 Å². The summed E-state index contributed by atoms with van der Waals surface area (Å²) in [6.45, 7) is 5.48. The Labute approximate surface area is 155 Å². The molecule has 0 saturated heterocycles. The first kappa shape index (κ1) is 20.2. The van der Waals surface area contributed by atoms with Crippen LogP contribution < -0.4 is 4.74 Å². The number of aliphatic hydroxyl groups excluding tert-OH is 1. The van der Waals surface area contributed by atoms with Crippen LogP contribution in [-0.4, -0.2) is 41.3 Å². The first-order chi connectivity index (χ1) is 12.2. The molecule has 1 aliphatic rings. The lowest BCUT2D eigenvalue weighted by molar-refractivity contribution is -0.138. The summed E-state index contributed by atoms with van der Waals surface area (Å²) < 4.78 is 10.7. The Bertz CT molecular complexity index is 614. The van der Waals surface area contributed by atoms with E-state index in [-0.39, 0.29) is 18.4 Å². The number of hydrogen-bond donors (Lipinski definition) is 1. The van der Waals surface area contributed by atoms with Gasteiger partial charge in [0.15, 0.2) is 0 Å². The van der Waals surface area contributed by atoms with Gasteiger partial charge in [-0.15, -0.1) is 0 Å². The molecule has 1 fully saturated rings. The van der Waals surface area contributed by atoms with E-state index < -0.39 is 17.8 Å². The minimum absolute atomic E-state index is 0.00254. The monoisotopic (exact) mass is 363 g/mol. The quantitative estimate of drug-likeness (QED) is 0.638. The molecule has 1 amide bonds. The van der Waals surface area contributed by atoms with E-state index in [0.29, 0.717) is 11.3 Å². The summed E-state index contributed by atoms with van der Waals surface area (Å²) in [7, 11) is 1.58. The van der Waals surface area contributed by atoms with Crippen molar-refractivity contribution in [3.8, 4) is 5.75 Å². The van der Waals surface area contributed by atoms with Crippen molar-refractivity contribution >= 4 is 12.1 Å². The third-order valence-corrected chi connectivity index (χ3v) is 4.32. The molecule has 0 spiro atoms. The molecular weight excluding hydrogens is 334 g/mol. The molecule has 144 valence electrons. The van der Waals surface area contributed by atoms with Gasteiger partial charge in [-0.05, 0) is 51.3 Å². The van der Waals surface area contributed by atoms with E-state index in [1.807, 2.05) is 0 Å². The van der Waals surface area contributed by atoms with Crippen LogP contribution in [0.1, 0.15) is 58.1 Å². The van der Waals surface area contributed by atoms with Gasteiger partial charge in [0.25, 0.3) is 0 Å². The van der Waals surface area contributed by atoms with Gasteiger partial charge in [0.2, 0.25) is 0 Å². The van der Waals surface area contributed by atoms with Crippen LogP contribution in [0.15, 0.2) is 24.3 Å². The molecule has 0 bridgehead atoms. The minimum atomic E-state index is -0.855. The summed E-state index contributed by atoms with van der Waals surface area (Å²) in [5.74, 6) is 0.293. The summed E-state index contributed by atoms with van der Waals surface area (Å²) in [5, 5.41) is 10.3. The second kappa shape index (κ2) is 8.54. The summed E-state index contributed by atoms with van der Waals surface area (Å²) in [6.07, 6.45) is 2.61. The Balaban J connectivity index is 1.88. The van der Waals surface area contributed by atoms with Crippen molar-refractivity contribution in [2.24, 2.45) is 5.92 Å². The van der Waals surface area contributed by atoms with Crippen LogP contribution in [0.3, 0.4) is 0 Å². The van der Waals surface area contributed by atoms with Gasteiger partial charge in [0, 0.05) is 7.05 Å². The fourth-order valence-electron chi connectivity index (χ4n) is 2.90. The number of carbonyl (C=O) groups is 2. The smallest absolute Gasteiger partial charge is 0.410 e. The molecule has 1 aromatic rings. The summed E-state index contributed by atoms with van der Waals surface area (Å²) in [6, 6.07) is 6.73. The fraction of sp³-hybridized carbons (Fsp3) is 0.600. The number of ether oxygens (including phenoxy) is 2. The van der Waals surface area contributed by atoms with Crippen LogP contribution in [0.25, 0.3) is 0 Å². The first-order valence-electron chi connectivity index (χ1n) is 9.09. The average Bonchev–Trinajstić information content (AvgIpc) is 3.08. The maximum atomic E-state index is 12.0. The number of amides is 1. The molecule has 1 aromatic carbocycles. The summed E-state index contributed by atoms with van der Waals surface area (Å²) in [5.41, 5.74) is 0.0577. The molecule has 1 saturated carbocycles. The third-order valence-electron chi connectivity index (χ3n) is 4.32. The highest BCUT2D eigenvalue weighted by molar-refractivity contribution is 5.75. The lowest BCUT2D eigenvalue weighted by atomic mass is 10.1. The van der Waals surface area contributed by atoms with Crippen LogP contribution in [-0.2, 0) is 9.53 Å². The van der Waals surface area contributed by atoms with Gasteiger partial charge >= 0.3 is 12.1 Å². The fourth-order valence-corrected chi connectivity index (χ4v) is 2.90. The third kappa shape index (κ3) is 6.02. The largest absolute Gasteiger partial charge is 0.444 e. The van der Waals surface area contributed by atoms with Crippen molar-refractivity contribution < 1.29 is 24.2 Å². The summed E-state index contributed by atoms with van der Waals surface area (Å²) in [4.78, 5) is 25.3. The highest BCUT2D eigenvalue weighted by Gasteiger charge is 2.25. The van der Waals surface area contributed by atoms with Crippen molar-refractivity contribution in [3.63, 3.8) is 0 Å². The lowest BCUT2D eigenvalue weighted by Crippen LogP contribution is -2.36. The normalized spacial score (nSPS) is 16.2. The number of benzene rings is 1. The molecule has 0 radical (unpaired) electrons. The Morgan fingerprint density at radius 3 is 2.31 bits per heavy atom. The molecule has 6 heteroatoms. The molecule has 6 nitrogen and oxygen atoms in total. The zero-order valence-corrected chi connectivity index (χ0v) is 16.0. The van der Waals surface area contributed by atoms with Crippen LogP contribution in [0.5, 0.6) is 5.75 Å². The summed E-state index contributed by atoms with van der Waals surface area (Å²) >= 11 is 0. The van der Waals surface area contributed by atoms with Gasteiger partial charge < -0.3 is 19.5 Å². The molecular formula is C20H29NO5. The van der Waals surface area contributed by atoms with Crippen LogP contribution >= 0.6 is 0 Å². The van der Waals surface area contributed by atoms with Gasteiger partial charge in [-0.2, -0.15) is 0 Å². The van der Waals surface area contributed by atoms with E-state index in [4.69, 9.17) is 9.47 Å². The van der Waals surface area contributed by atoms with Crippen molar-refractivity contribution in [2.45, 2.75) is 58.2 Å². The average molecular weight is 363 g/mol. The number of hydrogen-bond acceptors (Lipinski definition) is 5. The van der Waals surface area contributed by atoms with Crippen LogP contribution in [0.4, 0.5) is 4.79 Å². The van der Waals surface area contributed by atoms with Gasteiger partial charge in [-0.3, -0.25) is 4.79 Å². The first-order valence-corrected chi connectivity index (χ1v) is 9.09. The molecule has 26 heavy (non-hydrogen) atoms. The molecule has 0 aliphatic heterocycles. The van der Waals surface area contributed by atoms with Gasteiger partial charge in [0.1, 0.15) is 11.4 Å². The number of carbonyl (C=O) groups excluding carboxylic acids is 2. The zero-order chi connectivity index (χ0) is 19.3. The molecule has 0 aromatic heterocycles. The second-order valence-corrected chi connectivity index (χ2v) is 7.85. The molecule has 1 unspecified atom stereocenters. The number of rotatable bonds is 5. The van der Waals surface area contributed by atoms with Crippen LogP contribution in [0.2, 0.25) is 0 Å². The van der Waals surface area contributed by atoms with E-state index >= 15 is 0 Å². The Kier molecular flexibility index (Phi) is 6.64.